The molecule has 0 fully saturated rings. The molecule has 0 atom stereocenters. The van der Waals surface area contributed by atoms with Crippen molar-refractivity contribution in [2.24, 2.45) is 0 Å². The van der Waals surface area contributed by atoms with Crippen LogP contribution in [0.4, 0.5) is 5.82 Å². The number of hydrogen-bond acceptors (Lipinski definition) is 4. The van der Waals surface area contributed by atoms with E-state index in [9.17, 15) is 0 Å². The van der Waals surface area contributed by atoms with Gasteiger partial charge in [-0.25, -0.2) is 9.97 Å². The fourth-order valence-electron chi connectivity index (χ4n) is 1.25. The summed E-state index contributed by atoms with van der Waals surface area (Å²) in [6.45, 7) is 2.80. The minimum atomic E-state index is 0.126. The van der Waals surface area contributed by atoms with Gasteiger partial charge in [0.05, 0.1) is 6.61 Å². The van der Waals surface area contributed by atoms with Crippen molar-refractivity contribution < 1.29 is 5.11 Å². The third-order valence-electron chi connectivity index (χ3n) is 2.03. The van der Waals surface area contributed by atoms with E-state index in [0.29, 0.717) is 6.54 Å². The molecule has 84 valence electrons. The van der Waals surface area contributed by atoms with E-state index in [-0.39, 0.29) is 6.61 Å². The van der Waals surface area contributed by atoms with Gasteiger partial charge in [-0.1, -0.05) is 6.92 Å². The molecule has 0 bridgehead atoms. The molecule has 4 nitrogen and oxygen atoms in total. The quantitative estimate of drug-likeness (QED) is 0.829. The molecule has 1 aromatic heterocycles. The molecule has 5 heteroatoms. The molecule has 0 radical (unpaired) electrons. The third kappa shape index (κ3) is 3.76. The number of nitrogens with zero attached hydrogens (tertiary/aromatic N) is 3. The van der Waals surface area contributed by atoms with E-state index >= 15 is 0 Å². The molecule has 1 heterocycles. The Hall–Kier alpha value is -0.680. The van der Waals surface area contributed by atoms with Gasteiger partial charge in [0.1, 0.15) is 16.2 Å². The molecule has 0 saturated carbocycles. The minimum Gasteiger partial charge on any atom is -0.395 e. The number of likely N-dealkylation sites (N-methyl/N-ethyl adjacent to an activating group) is 1. The topological polar surface area (TPSA) is 49.2 Å². The summed E-state index contributed by atoms with van der Waals surface area (Å²) >= 11 is 3.36. The highest BCUT2D eigenvalue weighted by molar-refractivity contribution is 9.10. The molecule has 0 amide bonds. The number of hydrogen-bond donors (Lipinski definition) is 1. The SMILES string of the molecule is CCCc1nc(Br)cc(N(C)CCO)n1. The first-order valence-corrected chi connectivity index (χ1v) is 5.82. The van der Waals surface area contributed by atoms with E-state index in [1.54, 1.807) is 0 Å². The zero-order chi connectivity index (χ0) is 11.3. The van der Waals surface area contributed by atoms with E-state index in [0.717, 1.165) is 29.1 Å². The van der Waals surface area contributed by atoms with Crippen LogP contribution < -0.4 is 4.90 Å². The molecule has 0 aliphatic heterocycles. The summed E-state index contributed by atoms with van der Waals surface area (Å²) in [6, 6.07) is 1.86. The Morgan fingerprint density at radius 2 is 2.20 bits per heavy atom. The molecule has 0 aliphatic rings. The Balaban J connectivity index is 2.87. The number of rotatable bonds is 5. The lowest BCUT2D eigenvalue weighted by Gasteiger charge is -2.17. The molecule has 0 aliphatic carbocycles. The lowest BCUT2D eigenvalue weighted by atomic mass is 10.3. The van der Waals surface area contributed by atoms with Gasteiger partial charge in [0.15, 0.2) is 0 Å². The van der Waals surface area contributed by atoms with Crippen molar-refractivity contribution in [3.05, 3.63) is 16.5 Å². The maximum absolute atomic E-state index is 8.84. The van der Waals surface area contributed by atoms with Crippen molar-refractivity contribution in [2.75, 3.05) is 25.1 Å². The Morgan fingerprint density at radius 3 is 2.80 bits per heavy atom. The highest BCUT2D eigenvalue weighted by Crippen LogP contribution is 2.15. The van der Waals surface area contributed by atoms with Crippen LogP contribution in [0.3, 0.4) is 0 Å². The van der Waals surface area contributed by atoms with Crippen LogP contribution in [0, 0.1) is 0 Å². The number of aryl methyl sites for hydroxylation is 1. The van der Waals surface area contributed by atoms with E-state index < -0.39 is 0 Å². The van der Waals surface area contributed by atoms with Gasteiger partial charge in [0.25, 0.3) is 0 Å². The van der Waals surface area contributed by atoms with Crippen LogP contribution in [0.5, 0.6) is 0 Å². The Morgan fingerprint density at radius 1 is 1.47 bits per heavy atom. The van der Waals surface area contributed by atoms with Gasteiger partial charge in [0, 0.05) is 26.1 Å². The zero-order valence-corrected chi connectivity index (χ0v) is 10.7. The van der Waals surface area contributed by atoms with Crippen LogP contribution in [0.25, 0.3) is 0 Å². The molecular weight excluding hydrogens is 258 g/mol. The van der Waals surface area contributed by atoms with Crippen LogP contribution in [-0.2, 0) is 6.42 Å². The Kier molecular flexibility index (Phi) is 4.98. The smallest absolute Gasteiger partial charge is 0.133 e. The van der Waals surface area contributed by atoms with Crippen molar-refractivity contribution in [1.29, 1.82) is 0 Å². The van der Waals surface area contributed by atoms with Gasteiger partial charge in [-0.05, 0) is 22.4 Å². The van der Waals surface area contributed by atoms with E-state index in [4.69, 9.17) is 5.11 Å². The van der Waals surface area contributed by atoms with Crippen LogP contribution in [0.1, 0.15) is 19.2 Å². The van der Waals surface area contributed by atoms with Crippen molar-refractivity contribution in [3.63, 3.8) is 0 Å². The molecule has 15 heavy (non-hydrogen) atoms. The molecule has 0 aromatic carbocycles. The number of aliphatic hydroxyl groups is 1. The minimum absolute atomic E-state index is 0.126. The highest BCUT2D eigenvalue weighted by Gasteiger charge is 2.06. The average Bonchev–Trinajstić information content (AvgIpc) is 2.17. The molecule has 1 N–H and O–H groups in total. The van der Waals surface area contributed by atoms with E-state index in [1.807, 2.05) is 18.0 Å². The number of aliphatic hydroxyl groups excluding tert-OH is 1. The Bertz CT molecular complexity index is 320. The Labute approximate surface area is 98.5 Å². The average molecular weight is 274 g/mol. The standard InChI is InChI=1S/C10H16BrN3O/c1-3-4-9-12-8(11)7-10(13-9)14(2)5-6-15/h7,15H,3-6H2,1-2H3. The fourth-order valence-corrected chi connectivity index (χ4v) is 1.66. The van der Waals surface area contributed by atoms with Crippen LogP contribution in [-0.4, -0.2) is 35.3 Å². The molecule has 0 saturated heterocycles. The molecule has 0 spiro atoms. The van der Waals surface area contributed by atoms with Gasteiger partial charge in [0.2, 0.25) is 0 Å². The van der Waals surface area contributed by atoms with Gasteiger partial charge >= 0.3 is 0 Å². The van der Waals surface area contributed by atoms with Crippen molar-refractivity contribution in [3.8, 4) is 0 Å². The third-order valence-corrected chi connectivity index (χ3v) is 2.43. The maximum atomic E-state index is 8.84. The van der Waals surface area contributed by atoms with E-state index in [2.05, 4.69) is 32.8 Å². The van der Waals surface area contributed by atoms with Gasteiger partial charge < -0.3 is 10.0 Å². The summed E-state index contributed by atoms with van der Waals surface area (Å²) in [7, 11) is 1.90. The first kappa shape index (κ1) is 12.4. The van der Waals surface area contributed by atoms with Crippen LogP contribution in [0.2, 0.25) is 0 Å². The highest BCUT2D eigenvalue weighted by atomic mass is 79.9. The monoisotopic (exact) mass is 273 g/mol. The lowest BCUT2D eigenvalue weighted by molar-refractivity contribution is 0.304. The molecule has 0 unspecified atom stereocenters. The first-order valence-electron chi connectivity index (χ1n) is 5.02. The van der Waals surface area contributed by atoms with Crippen LogP contribution in [0.15, 0.2) is 10.7 Å². The summed E-state index contributed by atoms with van der Waals surface area (Å²) in [4.78, 5) is 10.6. The number of anilines is 1. The van der Waals surface area contributed by atoms with Crippen molar-refractivity contribution in [1.82, 2.24) is 9.97 Å². The van der Waals surface area contributed by atoms with Crippen LogP contribution >= 0.6 is 15.9 Å². The summed E-state index contributed by atoms with van der Waals surface area (Å²) in [5, 5.41) is 8.84. The second-order valence-corrected chi connectivity index (χ2v) is 4.17. The van der Waals surface area contributed by atoms with Crippen molar-refractivity contribution >= 4 is 21.7 Å². The summed E-state index contributed by atoms with van der Waals surface area (Å²) in [5.41, 5.74) is 0. The lowest BCUT2D eigenvalue weighted by Crippen LogP contribution is -2.22. The van der Waals surface area contributed by atoms with Gasteiger partial charge in [-0.15, -0.1) is 0 Å². The van der Waals surface area contributed by atoms with Gasteiger partial charge in [-0.2, -0.15) is 0 Å². The number of aromatic nitrogens is 2. The van der Waals surface area contributed by atoms with Crippen molar-refractivity contribution in [2.45, 2.75) is 19.8 Å². The predicted molar refractivity (Wildman–Crippen MR) is 64.1 cm³/mol. The summed E-state index contributed by atoms with van der Waals surface area (Å²) in [6.07, 6.45) is 1.90. The predicted octanol–water partition coefficient (Wildman–Crippen LogP) is 1.62. The second-order valence-electron chi connectivity index (χ2n) is 3.36. The normalized spacial score (nSPS) is 10.4. The zero-order valence-electron chi connectivity index (χ0n) is 9.07. The van der Waals surface area contributed by atoms with E-state index in [1.165, 1.54) is 0 Å². The maximum Gasteiger partial charge on any atom is 0.133 e. The summed E-state index contributed by atoms with van der Waals surface area (Å²) in [5.74, 6) is 1.68. The number of halogens is 1. The fraction of sp³-hybridized carbons (Fsp3) is 0.600. The summed E-state index contributed by atoms with van der Waals surface area (Å²) < 4.78 is 0.792. The molecular formula is C10H16BrN3O. The largest absolute Gasteiger partial charge is 0.395 e. The van der Waals surface area contributed by atoms with Gasteiger partial charge in [-0.3, -0.25) is 0 Å². The first-order chi connectivity index (χ1) is 7.17. The second kappa shape index (κ2) is 6.02. The molecule has 1 rings (SSSR count). The molecule has 1 aromatic rings.